The minimum absolute atomic E-state index is 0.0175. The predicted octanol–water partition coefficient (Wildman–Crippen LogP) is 1.83. The van der Waals surface area contributed by atoms with Crippen LogP contribution in [0.25, 0.3) is 0 Å². The highest BCUT2D eigenvalue weighted by atomic mass is 32.2. The Morgan fingerprint density at radius 2 is 1.66 bits per heavy atom. The lowest BCUT2D eigenvalue weighted by atomic mass is 10.1. The number of rotatable bonds is 6. The fourth-order valence-electron chi connectivity index (χ4n) is 3.24. The summed E-state index contributed by atoms with van der Waals surface area (Å²) in [6.07, 6.45) is 0. The molecule has 1 N–H and O–H groups in total. The van der Waals surface area contributed by atoms with Crippen molar-refractivity contribution in [3.8, 4) is 0 Å². The van der Waals surface area contributed by atoms with Gasteiger partial charge in [0.05, 0.1) is 23.0 Å². The lowest BCUT2D eigenvalue weighted by molar-refractivity contribution is 0.0730. The summed E-state index contributed by atoms with van der Waals surface area (Å²) in [5.41, 5.74) is 1.91. The number of hydrogen-bond donors (Lipinski definition) is 1. The first kappa shape index (κ1) is 24.3. The molecule has 0 saturated carbocycles. The molecular formula is C21H27N3O6S2. The van der Waals surface area contributed by atoms with Crippen LogP contribution in [0.1, 0.15) is 21.5 Å². The fraction of sp³-hybridized carbons (Fsp3) is 0.381. The van der Waals surface area contributed by atoms with Crippen LogP contribution in [-0.2, 0) is 24.8 Å². The predicted molar refractivity (Wildman–Crippen MR) is 121 cm³/mol. The molecule has 0 radical (unpaired) electrons. The number of amides is 1. The average Bonchev–Trinajstić information content (AvgIpc) is 2.77. The normalized spacial score (nSPS) is 15.7. The van der Waals surface area contributed by atoms with Crippen LogP contribution >= 0.6 is 0 Å². The van der Waals surface area contributed by atoms with Gasteiger partial charge in [-0.1, -0.05) is 6.07 Å². The van der Waals surface area contributed by atoms with E-state index in [0.717, 1.165) is 4.31 Å². The number of carbonyl (C=O) groups excluding carboxylic acids is 1. The maximum atomic E-state index is 12.9. The summed E-state index contributed by atoms with van der Waals surface area (Å²) in [6, 6.07) is 8.74. The van der Waals surface area contributed by atoms with Crippen LogP contribution in [0.2, 0.25) is 0 Å². The van der Waals surface area contributed by atoms with E-state index >= 15 is 0 Å². The van der Waals surface area contributed by atoms with E-state index in [-0.39, 0.29) is 28.4 Å². The Balaban J connectivity index is 1.92. The van der Waals surface area contributed by atoms with Crippen LogP contribution in [0.15, 0.2) is 46.2 Å². The fourth-order valence-corrected chi connectivity index (χ4v) is 5.71. The summed E-state index contributed by atoms with van der Waals surface area (Å²) in [4.78, 5) is 13.0. The zero-order chi connectivity index (χ0) is 23.7. The highest BCUT2D eigenvalue weighted by Gasteiger charge is 2.27. The summed E-state index contributed by atoms with van der Waals surface area (Å²) in [5, 5.41) is 2.73. The van der Waals surface area contributed by atoms with Gasteiger partial charge in [-0.25, -0.2) is 21.1 Å². The second kappa shape index (κ2) is 9.28. The van der Waals surface area contributed by atoms with Crippen molar-refractivity contribution in [3.05, 3.63) is 53.1 Å². The molecule has 11 heteroatoms. The smallest absolute Gasteiger partial charge is 0.255 e. The molecule has 0 aliphatic carbocycles. The van der Waals surface area contributed by atoms with Gasteiger partial charge in [0.25, 0.3) is 5.91 Å². The van der Waals surface area contributed by atoms with Crippen LogP contribution in [0, 0.1) is 13.8 Å². The molecule has 2 aromatic rings. The first-order chi connectivity index (χ1) is 14.9. The molecule has 32 heavy (non-hydrogen) atoms. The topological polar surface area (TPSA) is 113 Å². The number of anilines is 1. The molecule has 2 aromatic carbocycles. The highest BCUT2D eigenvalue weighted by Crippen LogP contribution is 2.26. The van der Waals surface area contributed by atoms with Gasteiger partial charge in [0.2, 0.25) is 20.0 Å². The minimum Gasteiger partial charge on any atom is -0.379 e. The number of morpholine rings is 1. The van der Waals surface area contributed by atoms with Crippen molar-refractivity contribution in [2.45, 2.75) is 23.6 Å². The molecule has 174 valence electrons. The van der Waals surface area contributed by atoms with Gasteiger partial charge >= 0.3 is 0 Å². The van der Waals surface area contributed by atoms with Gasteiger partial charge in [0.1, 0.15) is 0 Å². The summed E-state index contributed by atoms with van der Waals surface area (Å²) in [6.45, 7) is 4.69. The van der Waals surface area contributed by atoms with Crippen molar-refractivity contribution in [3.63, 3.8) is 0 Å². The molecule has 1 aliphatic heterocycles. The molecule has 1 heterocycles. The summed E-state index contributed by atoms with van der Waals surface area (Å²) >= 11 is 0. The number of benzene rings is 2. The van der Waals surface area contributed by atoms with Gasteiger partial charge in [0.15, 0.2) is 0 Å². The first-order valence-electron chi connectivity index (χ1n) is 9.97. The summed E-state index contributed by atoms with van der Waals surface area (Å²) in [7, 11) is -4.58. The molecule has 1 saturated heterocycles. The van der Waals surface area contributed by atoms with E-state index < -0.39 is 26.0 Å². The lowest BCUT2D eigenvalue weighted by Gasteiger charge is -2.26. The number of aryl methyl sites for hydroxylation is 1. The van der Waals surface area contributed by atoms with Crippen molar-refractivity contribution < 1.29 is 26.4 Å². The maximum absolute atomic E-state index is 12.9. The molecule has 1 amide bonds. The minimum atomic E-state index is -3.75. The third kappa shape index (κ3) is 4.86. The molecule has 0 spiro atoms. The molecule has 9 nitrogen and oxygen atoms in total. The van der Waals surface area contributed by atoms with E-state index in [0.29, 0.717) is 30.0 Å². The SMILES string of the molecule is Cc1cc(S(=O)(=O)N(C)C)cc(NC(=O)c2cccc(S(=O)(=O)N3CCOCC3)c2)c1C. The number of sulfonamides is 2. The summed E-state index contributed by atoms with van der Waals surface area (Å²) < 4.78 is 58.5. The van der Waals surface area contributed by atoms with Gasteiger partial charge in [0, 0.05) is 38.4 Å². The molecule has 0 bridgehead atoms. The molecule has 3 rings (SSSR count). The number of carbonyl (C=O) groups is 1. The Morgan fingerprint density at radius 3 is 2.28 bits per heavy atom. The van der Waals surface area contributed by atoms with Crippen molar-refractivity contribution in [1.29, 1.82) is 0 Å². The van der Waals surface area contributed by atoms with Crippen LogP contribution in [-0.4, -0.2) is 71.8 Å². The molecule has 0 atom stereocenters. The lowest BCUT2D eigenvalue weighted by Crippen LogP contribution is -2.40. The second-order valence-electron chi connectivity index (χ2n) is 7.70. The molecular weight excluding hydrogens is 454 g/mol. The van der Waals surface area contributed by atoms with Crippen LogP contribution in [0.4, 0.5) is 5.69 Å². The Bertz CT molecular complexity index is 1230. The van der Waals surface area contributed by atoms with Crippen molar-refractivity contribution >= 4 is 31.6 Å². The Hall–Kier alpha value is -2.31. The third-order valence-electron chi connectivity index (χ3n) is 5.37. The number of nitrogens with zero attached hydrogens (tertiary/aromatic N) is 2. The quantitative estimate of drug-likeness (QED) is 0.674. The van der Waals surface area contributed by atoms with E-state index in [1.54, 1.807) is 19.9 Å². The van der Waals surface area contributed by atoms with Crippen molar-refractivity contribution in [1.82, 2.24) is 8.61 Å². The third-order valence-corrected chi connectivity index (χ3v) is 9.06. The Kier molecular flexibility index (Phi) is 7.06. The van der Waals surface area contributed by atoms with Gasteiger partial charge in [-0.3, -0.25) is 4.79 Å². The molecule has 1 fully saturated rings. The van der Waals surface area contributed by atoms with E-state index in [4.69, 9.17) is 4.74 Å². The number of ether oxygens (including phenoxy) is 1. The summed E-state index contributed by atoms with van der Waals surface area (Å²) in [5.74, 6) is -0.536. The van der Waals surface area contributed by atoms with Gasteiger partial charge < -0.3 is 10.1 Å². The molecule has 0 aromatic heterocycles. The standard InChI is InChI=1S/C21H27N3O6S2/c1-15-12-19(31(26,27)23(3)4)14-20(16(15)2)22-21(25)17-6-5-7-18(13-17)32(28,29)24-8-10-30-11-9-24/h5-7,12-14H,8-11H2,1-4H3,(H,22,25). The van der Waals surface area contributed by atoms with E-state index in [1.165, 1.54) is 48.7 Å². The highest BCUT2D eigenvalue weighted by molar-refractivity contribution is 7.89. The largest absolute Gasteiger partial charge is 0.379 e. The Labute approximate surface area is 189 Å². The molecule has 1 aliphatic rings. The van der Waals surface area contributed by atoms with Crippen LogP contribution in [0.5, 0.6) is 0 Å². The van der Waals surface area contributed by atoms with Gasteiger partial charge in [-0.05, 0) is 55.3 Å². The van der Waals surface area contributed by atoms with E-state index in [2.05, 4.69) is 5.32 Å². The maximum Gasteiger partial charge on any atom is 0.255 e. The Morgan fingerprint density at radius 1 is 1.00 bits per heavy atom. The average molecular weight is 482 g/mol. The molecule has 0 unspecified atom stereocenters. The second-order valence-corrected chi connectivity index (χ2v) is 11.8. The van der Waals surface area contributed by atoms with Crippen LogP contribution < -0.4 is 5.32 Å². The zero-order valence-corrected chi connectivity index (χ0v) is 20.1. The van der Waals surface area contributed by atoms with E-state index in [9.17, 15) is 21.6 Å². The first-order valence-corrected chi connectivity index (χ1v) is 12.9. The number of nitrogens with one attached hydrogen (secondary N) is 1. The van der Waals surface area contributed by atoms with E-state index in [1.807, 2.05) is 0 Å². The van der Waals surface area contributed by atoms with Gasteiger partial charge in [-0.15, -0.1) is 0 Å². The van der Waals surface area contributed by atoms with Gasteiger partial charge in [-0.2, -0.15) is 4.31 Å². The zero-order valence-electron chi connectivity index (χ0n) is 18.5. The van der Waals surface area contributed by atoms with Crippen LogP contribution in [0.3, 0.4) is 0 Å². The van der Waals surface area contributed by atoms with Crippen molar-refractivity contribution in [2.24, 2.45) is 0 Å². The van der Waals surface area contributed by atoms with Crippen molar-refractivity contribution in [2.75, 3.05) is 45.7 Å². The monoisotopic (exact) mass is 481 g/mol. The number of hydrogen-bond acceptors (Lipinski definition) is 6.